The molecule has 1 heterocycles. The molecule has 1 amide bonds. The van der Waals surface area contributed by atoms with Crippen LogP contribution in [0.15, 0.2) is 12.1 Å². The lowest BCUT2D eigenvalue weighted by Crippen LogP contribution is -2.26. The number of amides is 1. The number of aliphatic hydroxyl groups excluding tert-OH is 1. The first-order valence-corrected chi connectivity index (χ1v) is 5.39. The van der Waals surface area contributed by atoms with Crippen LogP contribution in [0.25, 0.3) is 0 Å². The number of anilines is 2. The zero-order chi connectivity index (χ0) is 12.6. The van der Waals surface area contributed by atoms with Gasteiger partial charge in [-0.1, -0.05) is 11.6 Å². The first-order chi connectivity index (χ1) is 8.04. The highest BCUT2D eigenvalue weighted by molar-refractivity contribution is 6.32. The molecule has 1 atom stereocenters. The summed E-state index contributed by atoms with van der Waals surface area (Å²) in [5, 5.41) is 18.6. The lowest BCUT2D eigenvalue weighted by Gasteiger charge is -2.19. The Labute approximate surface area is 103 Å². The number of nitrogens with zero attached hydrogens (tertiary/aromatic N) is 2. The second-order valence-electron chi connectivity index (χ2n) is 3.83. The lowest BCUT2D eigenvalue weighted by atomic mass is 10.1. The van der Waals surface area contributed by atoms with Gasteiger partial charge < -0.3 is 15.7 Å². The highest BCUT2D eigenvalue weighted by Crippen LogP contribution is 2.33. The zero-order valence-corrected chi connectivity index (χ0v) is 9.61. The second kappa shape index (κ2) is 4.24. The van der Waals surface area contributed by atoms with Gasteiger partial charge in [-0.15, -0.1) is 0 Å². The first-order valence-electron chi connectivity index (χ1n) is 5.01. The molecule has 3 N–H and O–H groups in total. The molecule has 6 heteroatoms. The number of hydrogen-bond acceptors (Lipinski definition) is 4. The van der Waals surface area contributed by atoms with Crippen LogP contribution in [0.1, 0.15) is 12.0 Å². The molecule has 1 fully saturated rings. The Bertz CT molecular complexity index is 524. The molecular formula is C11H10ClN3O2. The third-order valence-electron chi connectivity index (χ3n) is 2.68. The van der Waals surface area contributed by atoms with Crippen LogP contribution >= 0.6 is 11.6 Å². The van der Waals surface area contributed by atoms with Crippen LogP contribution in [0.5, 0.6) is 0 Å². The average molecular weight is 252 g/mol. The van der Waals surface area contributed by atoms with Crippen molar-refractivity contribution in [2.75, 3.05) is 17.2 Å². The summed E-state index contributed by atoms with van der Waals surface area (Å²) in [6.07, 6.45) is -0.618. The van der Waals surface area contributed by atoms with Crippen LogP contribution < -0.4 is 10.6 Å². The zero-order valence-electron chi connectivity index (χ0n) is 8.85. The number of nitriles is 1. The van der Waals surface area contributed by atoms with E-state index in [-0.39, 0.29) is 35.1 Å². The van der Waals surface area contributed by atoms with E-state index in [2.05, 4.69) is 0 Å². The van der Waals surface area contributed by atoms with Crippen molar-refractivity contribution < 1.29 is 9.90 Å². The summed E-state index contributed by atoms with van der Waals surface area (Å²) in [6.45, 7) is 0.190. The molecule has 0 spiro atoms. The molecule has 1 aromatic rings. The molecule has 0 aromatic heterocycles. The highest BCUT2D eigenvalue weighted by atomic mass is 35.5. The van der Waals surface area contributed by atoms with E-state index >= 15 is 0 Å². The molecule has 0 aliphatic carbocycles. The number of nitrogens with two attached hydrogens (primary N) is 1. The maximum atomic E-state index is 11.6. The topological polar surface area (TPSA) is 90.4 Å². The third-order valence-corrected chi connectivity index (χ3v) is 2.99. The minimum absolute atomic E-state index is 0.0734. The number of rotatable bonds is 1. The first kappa shape index (κ1) is 11.7. The summed E-state index contributed by atoms with van der Waals surface area (Å²) >= 11 is 5.82. The van der Waals surface area contributed by atoms with Gasteiger partial charge in [0, 0.05) is 0 Å². The van der Waals surface area contributed by atoms with Crippen LogP contribution in [-0.4, -0.2) is 23.7 Å². The van der Waals surface area contributed by atoms with Crippen molar-refractivity contribution in [2.45, 2.75) is 12.5 Å². The second-order valence-corrected chi connectivity index (χ2v) is 4.24. The van der Waals surface area contributed by atoms with Gasteiger partial charge in [-0.05, 0) is 12.1 Å². The summed E-state index contributed by atoms with van der Waals surface area (Å²) in [6, 6.07) is 4.99. The molecule has 2 rings (SSSR count). The Hall–Kier alpha value is -1.77. The summed E-state index contributed by atoms with van der Waals surface area (Å²) in [4.78, 5) is 13.0. The van der Waals surface area contributed by atoms with Crippen molar-refractivity contribution in [1.29, 1.82) is 5.26 Å². The van der Waals surface area contributed by atoms with Gasteiger partial charge in [0.05, 0.1) is 41.0 Å². The van der Waals surface area contributed by atoms with E-state index in [0.717, 1.165) is 0 Å². The maximum Gasteiger partial charge on any atom is 0.229 e. The van der Waals surface area contributed by atoms with Crippen molar-refractivity contribution in [3.8, 4) is 6.07 Å². The van der Waals surface area contributed by atoms with Gasteiger partial charge in [-0.25, -0.2) is 0 Å². The van der Waals surface area contributed by atoms with E-state index in [4.69, 9.17) is 22.6 Å². The van der Waals surface area contributed by atoms with Gasteiger partial charge in [-0.3, -0.25) is 4.79 Å². The molecule has 17 heavy (non-hydrogen) atoms. The number of nitrogen functional groups attached to an aromatic ring is 1. The molecule has 1 saturated heterocycles. The van der Waals surface area contributed by atoms with E-state index in [1.54, 1.807) is 6.07 Å². The summed E-state index contributed by atoms with van der Waals surface area (Å²) < 4.78 is 0. The number of halogens is 1. The predicted molar refractivity (Wildman–Crippen MR) is 63.6 cm³/mol. The van der Waals surface area contributed by atoms with Crippen LogP contribution in [-0.2, 0) is 4.79 Å². The van der Waals surface area contributed by atoms with Gasteiger partial charge in [0.2, 0.25) is 5.91 Å². The molecule has 1 aliphatic heterocycles. The Morgan fingerprint density at radius 2 is 2.29 bits per heavy atom. The van der Waals surface area contributed by atoms with E-state index in [9.17, 15) is 9.90 Å². The number of carbonyl (C=O) groups excluding carboxylic acids is 1. The van der Waals surface area contributed by atoms with Crippen molar-refractivity contribution in [3.05, 3.63) is 22.7 Å². The third kappa shape index (κ3) is 1.93. The van der Waals surface area contributed by atoms with Crippen molar-refractivity contribution in [3.63, 3.8) is 0 Å². The highest BCUT2D eigenvalue weighted by Gasteiger charge is 2.30. The normalized spacial score (nSPS) is 19.5. The number of benzene rings is 1. The Kier molecular flexibility index (Phi) is 2.92. The van der Waals surface area contributed by atoms with Crippen LogP contribution in [0, 0.1) is 11.3 Å². The standard InChI is InChI=1S/C11H10ClN3O2/c12-8-1-2-9(11(14)7(8)4-13)15-5-6(16)3-10(15)17/h1-2,6,16H,3,5,14H2. The van der Waals surface area contributed by atoms with Crippen LogP contribution in [0.2, 0.25) is 5.02 Å². The fourth-order valence-electron chi connectivity index (χ4n) is 1.85. The minimum atomic E-state index is -0.692. The van der Waals surface area contributed by atoms with Crippen LogP contribution in [0.3, 0.4) is 0 Å². The maximum absolute atomic E-state index is 11.6. The monoisotopic (exact) mass is 251 g/mol. The number of carbonyl (C=O) groups is 1. The van der Waals surface area contributed by atoms with E-state index in [1.165, 1.54) is 11.0 Å². The molecule has 0 radical (unpaired) electrons. The molecule has 0 bridgehead atoms. The largest absolute Gasteiger partial charge is 0.396 e. The molecule has 88 valence electrons. The summed E-state index contributed by atoms with van der Waals surface area (Å²) in [7, 11) is 0. The van der Waals surface area contributed by atoms with Crippen molar-refractivity contribution in [2.24, 2.45) is 0 Å². The average Bonchev–Trinajstić information content (AvgIpc) is 2.59. The minimum Gasteiger partial charge on any atom is -0.396 e. The predicted octanol–water partition coefficient (Wildman–Crippen LogP) is 0.891. The fourth-order valence-corrected chi connectivity index (χ4v) is 2.06. The number of aliphatic hydroxyl groups is 1. The van der Waals surface area contributed by atoms with Gasteiger partial charge in [0.15, 0.2) is 0 Å². The van der Waals surface area contributed by atoms with E-state index < -0.39 is 6.10 Å². The quantitative estimate of drug-likeness (QED) is 0.726. The smallest absolute Gasteiger partial charge is 0.229 e. The molecule has 1 unspecified atom stereocenters. The molecular weight excluding hydrogens is 242 g/mol. The lowest BCUT2D eigenvalue weighted by molar-refractivity contribution is -0.117. The molecule has 1 aliphatic rings. The molecule has 1 aromatic carbocycles. The van der Waals surface area contributed by atoms with Gasteiger partial charge in [0.1, 0.15) is 6.07 Å². The van der Waals surface area contributed by atoms with E-state index in [0.29, 0.717) is 5.69 Å². The van der Waals surface area contributed by atoms with Crippen LogP contribution in [0.4, 0.5) is 11.4 Å². The Morgan fingerprint density at radius 1 is 1.59 bits per heavy atom. The summed E-state index contributed by atoms with van der Waals surface area (Å²) in [5.41, 5.74) is 6.54. The Morgan fingerprint density at radius 3 is 2.82 bits per heavy atom. The fraction of sp³-hybridized carbons (Fsp3) is 0.273. The molecule has 0 saturated carbocycles. The molecule has 5 nitrogen and oxygen atoms in total. The van der Waals surface area contributed by atoms with Gasteiger partial charge in [0.25, 0.3) is 0 Å². The van der Waals surface area contributed by atoms with Gasteiger partial charge in [-0.2, -0.15) is 5.26 Å². The Balaban J connectivity index is 2.48. The van der Waals surface area contributed by atoms with E-state index in [1.807, 2.05) is 6.07 Å². The SMILES string of the molecule is N#Cc1c(Cl)ccc(N2CC(O)CC2=O)c1N. The number of β-amino-alcohol motifs (C(OH)–C–C–N with tert-alkyl or cyclic N) is 1. The van der Waals surface area contributed by atoms with Crippen molar-refractivity contribution in [1.82, 2.24) is 0 Å². The summed E-state index contributed by atoms with van der Waals surface area (Å²) in [5.74, 6) is -0.213. The number of hydrogen-bond donors (Lipinski definition) is 2. The van der Waals surface area contributed by atoms with Gasteiger partial charge >= 0.3 is 0 Å². The van der Waals surface area contributed by atoms with Crippen molar-refractivity contribution >= 4 is 28.9 Å².